The van der Waals surface area contributed by atoms with Gasteiger partial charge in [-0.25, -0.2) is 4.39 Å². The highest BCUT2D eigenvalue weighted by Gasteiger charge is 2.37. The molecule has 1 aliphatic heterocycles. The zero-order chi connectivity index (χ0) is 12.6. The zero-order valence-electron chi connectivity index (χ0n) is 10.5. The Balaban J connectivity index is 1.81. The van der Waals surface area contributed by atoms with E-state index in [1.165, 1.54) is 5.57 Å². The van der Waals surface area contributed by atoms with E-state index in [-0.39, 0.29) is 11.6 Å². The second kappa shape index (κ2) is 4.48. The standard InChI is InChI=1S/C15H17FO2/c1-11-10-13(2-3-14(11)16)12-4-6-15(7-5-12)17-8-9-18-15/h2-4,10H,5-9H2,1H3. The summed E-state index contributed by atoms with van der Waals surface area (Å²) in [4.78, 5) is 0. The van der Waals surface area contributed by atoms with Crippen molar-refractivity contribution in [2.24, 2.45) is 0 Å². The van der Waals surface area contributed by atoms with Crippen molar-refractivity contribution in [1.82, 2.24) is 0 Å². The monoisotopic (exact) mass is 248 g/mol. The first kappa shape index (κ1) is 11.9. The summed E-state index contributed by atoms with van der Waals surface area (Å²) in [5, 5.41) is 0. The van der Waals surface area contributed by atoms with Crippen LogP contribution in [0.5, 0.6) is 0 Å². The van der Waals surface area contributed by atoms with Crippen molar-refractivity contribution >= 4 is 5.57 Å². The van der Waals surface area contributed by atoms with Gasteiger partial charge in [0, 0.05) is 12.8 Å². The third kappa shape index (κ3) is 2.08. The molecule has 0 radical (unpaired) electrons. The minimum absolute atomic E-state index is 0.144. The number of hydrogen-bond acceptors (Lipinski definition) is 2. The van der Waals surface area contributed by atoms with Crippen LogP contribution in [0, 0.1) is 12.7 Å². The summed E-state index contributed by atoms with van der Waals surface area (Å²) in [6.07, 6.45) is 4.76. The van der Waals surface area contributed by atoms with Gasteiger partial charge in [-0.1, -0.05) is 12.1 Å². The molecule has 1 saturated heterocycles. The number of rotatable bonds is 1. The van der Waals surface area contributed by atoms with Crippen LogP contribution in [0.25, 0.3) is 5.57 Å². The van der Waals surface area contributed by atoms with E-state index in [0.29, 0.717) is 18.8 Å². The van der Waals surface area contributed by atoms with Gasteiger partial charge in [0.15, 0.2) is 5.79 Å². The molecular weight excluding hydrogens is 231 g/mol. The fraction of sp³-hybridized carbons (Fsp3) is 0.467. The smallest absolute Gasteiger partial charge is 0.172 e. The lowest BCUT2D eigenvalue weighted by Gasteiger charge is -2.30. The maximum absolute atomic E-state index is 13.2. The molecule has 0 unspecified atom stereocenters. The van der Waals surface area contributed by atoms with Crippen molar-refractivity contribution < 1.29 is 13.9 Å². The molecule has 1 aliphatic carbocycles. The molecule has 0 saturated carbocycles. The van der Waals surface area contributed by atoms with E-state index in [2.05, 4.69) is 6.08 Å². The Morgan fingerprint density at radius 3 is 2.61 bits per heavy atom. The Morgan fingerprint density at radius 2 is 2.00 bits per heavy atom. The Bertz CT molecular complexity index is 487. The van der Waals surface area contributed by atoms with E-state index in [0.717, 1.165) is 24.8 Å². The highest BCUT2D eigenvalue weighted by atomic mass is 19.1. The first-order valence-electron chi connectivity index (χ1n) is 6.42. The maximum atomic E-state index is 13.2. The lowest BCUT2D eigenvalue weighted by Crippen LogP contribution is -2.31. The molecule has 18 heavy (non-hydrogen) atoms. The number of ether oxygens (including phenoxy) is 2. The second-order valence-corrected chi connectivity index (χ2v) is 5.01. The molecule has 1 heterocycles. The van der Waals surface area contributed by atoms with Crippen LogP contribution < -0.4 is 0 Å². The van der Waals surface area contributed by atoms with E-state index in [1.807, 2.05) is 12.1 Å². The van der Waals surface area contributed by atoms with Gasteiger partial charge in [0.1, 0.15) is 5.82 Å². The minimum atomic E-state index is -0.376. The van der Waals surface area contributed by atoms with Crippen LogP contribution in [0.15, 0.2) is 24.3 Å². The summed E-state index contributed by atoms with van der Waals surface area (Å²) >= 11 is 0. The van der Waals surface area contributed by atoms with E-state index in [4.69, 9.17) is 9.47 Å². The Morgan fingerprint density at radius 1 is 1.22 bits per heavy atom. The Kier molecular flexibility index (Phi) is 2.96. The summed E-state index contributed by atoms with van der Waals surface area (Å²) in [5.41, 5.74) is 3.08. The van der Waals surface area contributed by atoms with Crippen molar-refractivity contribution in [3.63, 3.8) is 0 Å². The van der Waals surface area contributed by atoms with E-state index in [9.17, 15) is 4.39 Å². The Hall–Kier alpha value is -1.19. The van der Waals surface area contributed by atoms with Gasteiger partial charge in [-0.2, -0.15) is 0 Å². The molecule has 0 bridgehead atoms. The summed E-state index contributed by atoms with van der Waals surface area (Å²) < 4.78 is 24.6. The largest absolute Gasteiger partial charge is 0.347 e. The van der Waals surface area contributed by atoms with Crippen LogP contribution in [0.2, 0.25) is 0 Å². The molecule has 3 heteroatoms. The van der Waals surface area contributed by atoms with Gasteiger partial charge in [0.25, 0.3) is 0 Å². The first-order chi connectivity index (χ1) is 8.69. The van der Waals surface area contributed by atoms with Crippen LogP contribution in [0.4, 0.5) is 4.39 Å². The summed E-state index contributed by atoms with van der Waals surface area (Å²) in [5.74, 6) is -0.521. The molecule has 0 atom stereocenters. The quantitative estimate of drug-likeness (QED) is 0.758. The topological polar surface area (TPSA) is 18.5 Å². The van der Waals surface area contributed by atoms with Gasteiger partial charge >= 0.3 is 0 Å². The fourth-order valence-electron chi connectivity index (χ4n) is 2.67. The Labute approximate surface area is 106 Å². The zero-order valence-corrected chi connectivity index (χ0v) is 10.5. The van der Waals surface area contributed by atoms with Crippen LogP contribution in [-0.4, -0.2) is 19.0 Å². The van der Waals surface area contributed by atoms with Crippen LogP contribution in [0.3, 0.4) is 0 Å². The molecule has 1 fully saturated rings. The average molecular weight is 248 g/mol. The highest BCUT2D eigenvalue weighted by molar-refractivity contribution is 5.67. The summed E-state index contributed by atoms with van der Waals surface area (Å²) in [6.45, 7) is 3.19. The molecule has 1 aromatic rings. The van der Waals surface area contributed by atoms with E-state index < -0.39 is 0 Å². The maximum Gasteiger partial charge on any atom is 0.172 e. The molecule has 0 amide bonds. The molecule has 96 valence electrons. The molecular formula is C15H17FO2. The number of hydrogen-bond donors (Lipinski definition) is 0. The minimum Gasteiger partial charge on any atom is -0.347 e. The number of halogens is 1. The lowest BCUT2D eigenvalue weighted by atomic mass is 9.89. The molecule has 2 nitrogen and oxygen atoms in total. The fourth-order valence-corrected chi connectivity index (χ4v) is 2.67. The number of benzene rings is 1. The molecule has 0 aromatic heterocycles. The van der Waals surface area contributed by atoms with Gasteiger partial charge in [0.05, 0.1) is 13.2 Å². The molecule has 0 N–H and O–H groups in total. The third-order valence-electron chi connectivity index (χ3n) is 3.78. The van der Waals surface area contributed by atoms with Gasteiger partial charge in [-0.05, 0) is 42.2 Å². The number of aryl methyl sites for hydroxylation is 1. The van der Waals surface area contributed by atoms with E-state index >= 15 is 0 Å². The van der Waals surface area contributed by atoms with Gasteiger partial charge in [-0.15, -0.1) is 0 Å². The van der Waals surface area contributed by atoms with Gasteiger partial charge < -0.3 is 9.47 Å². The predicted octanol–water partition coefficient (Wildman–Crippen LogP) is 3.44. The van der Waals surface area contributed by atoms with Gasteiger partial charge in [-0.3, -0.25) is 0 Å². The van der Waals surface area contributed by atoms with Crippen molar-refractivity contribution in [2.45, 2.75) is 32.0 Å². The summed E-state index contributed by atoms with van der Waals surface area (Å²) in [7, 11) is 0. The third-order valence-corrected chi connectivity index (χ3v) is 3.78. The van der Waals surface area contributed by atoms with Crippen molar-refractivity contribution in [3.8, 4) is 0 Å². The normalized spacial score (nSPS) is 22.2. The second-order valence-electron chi connectivity index (χ2n) is 5.01. The van der Waals surface area contributed by atoms with Crippen molar-refractivity contribution in [3.05, 3.63) is 41.2 Å². The summed E-state index contributed by atoms with van der Waals surface area (Å²) in [6, 6.07) is 5.30. The highest BCUT2D eigenvalue weighted by Crippen LogP contribution is 2.38. The SMILES string of the molecule is Cc1cc(C2=CCC3(CC2)OCCO3)ccc1F. The van der Waals surface area contributed by atoms with E-state index in [1.54, 1.807) is 13.0 Å². The lowest BCUT2D eigenvalue weighted by molar-refractivity contribution is -0.159. The average Bonchev–Trinajstić information content (AvgIpc) is 2.82. The van der Waals surface area contributed by atoms with Crippen LogP contribution in [0.1, 0.15) is 30.4 Å². The molecule has 1 spiro atoms. The number of allylic oxidation sites excluding steroid dienone is 1. The van der Waals surface area contributed by atoms with Crippen molar-refractivity contribution in [1.29, 1.82) is 0 Å². The molecule has 3 rings (SSSR count). The first-order valence-corrected chi connectivity index (χ1v) is 6.42. The predicted molar refractivity (Wildman–Crippen MR) is 67.6 cm³/mol. The van der Waals surface area contributed by atoms with Crippen LogP contribution in [-0.2, 0) is 9.47 Å². The molecule has 1 aromatic carbocycles. The molecule has 2 aliphatic rings. The van der Waals surface area contributed by atoms with Crippen LogP contribution >= 0.6 is 0 Å². The van der Waals surface area contributed by atoms with Crippen molar-refractivity contribution in [2.75, 3.05) is 13.2 Å². The van der Waals surface area contributed by atoms with Gasteiger partial charge in [0.2, 0.25) is 0 Å².